The molecular formula is C16H22N2O2S. The second-order valence-corrected chi connectivity index (χ2v) is 6.91. The Labute approximate surface area is 130 Å². The Balaban J connectivity index is 2.04. The molecule has 5 heteroatoms. The first-order valence-corrected chi connectivity index (χ1v) is 8.30. The van der Waals surface area contributed by atoms with Gasteiger partial charge in [-0.05, 0) is 24.6 Å². The minimum Gasteiger partial charge on any atom is -0.352 e. The van der Waals surface area contributed by atoms with Crippen LogP contribution in [0.2, 0.25) is 0 Å². The Morgan fingerprint density at radius 1 is 1.29 bits per heavy atom. The summed E-state index contributed by atoms with van der Waals surface area (Å²) >= 11 is 1.92. The maximum atomic E-state index is 12.6. The van der Waals surface area contributed by atoms with Gasteiger partial charge in [0.2, 0.25) is 5.91 Å². The van der Waals surface area contributed by atoms with Gasteiger partial charge in [0, 0.05) is 42.6 Å². The minimum absolute atomic E-state index is 0.0521. The highest BCUT2D eigenvalue weighted by Crippen LogP contribution is 2.25. The number of benzene rings is 1. The maximum Gasteiger partial charge on any atom is 0.254 e. The quantitative estimate of drug-likeness (QED) is 0.932. The molecule has 1 aromatic rings. The Bertz CT molecular complexity index is 516. The molecule has 2 atom stereocenters. The lowest BCUT2D eigenvalue weighted by Gasteiger charge is -2.37. The molecule has 1 fully saturated rings. The van der Waals surface area contributed by atoms with Crippen molar-refractivity contribution in [3.63, 3.8) is 0 Å². The zero-order chi connectivity index (χ0) is 15.4. The summed E-state index contributed by atoms with van der Waals surface area (Å²) in [6.07, 6.45) is 0. The molecule has 114 valence electrons. The van der Waals surface area contributed by atoms with E-state index < -0.39 is 0 Å². The lowest BCUT2D eigenvalue weighted by molar-refractivity contribution is -0.119. The molecule has 0 bridgehead atoms. The number of carbonyl (C=O) groups excluding carboxylic acids is 2. The van der Waals surface area contributed by atoms with Crippen molar-refractivity contribution in [3.8, 4) is 0 Å². The van der Waals surface area contributed by atoms with E-state index in [1.54, 1.807) is 0 Å². The third kappa shape index (κ3) is 4.00. The van der Waals surface area contributed by atoms with Crippen molar-refractivity contribution < 1.29 is 9.59 Å². The molecule has 0 spiro atoms. The predicted octanol–water partition coefficient (Wildman–Crippen LogP) is 2.29. The fourth-order valence-electron chi connectivity index (χ4n) is 2.38. The predicted molar refractivity (Wildman–Crippen MR) is 86.4 cm³/mol. The number of hydrogen-bond donors (Lipinski definition) is 1. The summed E-state index contributed by atoms with van der Waals surface area (Å²) in [6.45, 7) is 7.08. The lowest BCUT2D eigenvalue weighted by atomic mass is 10.1. The van der Waals surface area contributed by atoms with Gasteiger partial charge < -0.3 is 10.2 Å². The van der Waals surface area contributed by atoms with E-state index in [9.17, 15) is 9.59 Å². The molecule has 0 aromatic heterocycles. The molecule has 1 aliphatic heterocycles. The van der Waals surface area contributed by atoms with Crippen LogP contribution in [-0.4, -0.2) is 40.3 Å². The number of nitrogens with zero attached hydrogens (tertiary/aromatic N) is 1. The zero-order valence-electron chi connectivity index (χ0n) is 12.8. The van der Waals surface area contributed by atoms with Crippen LogP contribution in [0.1, 0.15) is 36.7 Å². The van der Waals surface area contributed by atoms with Gasteiger partial charge in [0.05, 0.1) is 0 Å². The normalized spacial score (nSPS) is 22.0. The summed E-state index contributed by atoms with van der Waals surface area (Å²) in [5.41, 5.74) is 1.71. The minimum atomic E-state index is -0.0521. The smallest absolute Gasteiger partial charge is 0.254 e. The van der Waals surface area contributed by atoms with Gasteiger partial charge in [0.1, 0.15) is 0 Å². The van der Waals surface area contributed by atoms with Crippen LogP contribution in [0, 0.1) is 0 Å². The number of thioether (sulfide) groups is 1. The second-order valence-electron chi connectivity index (χ2n) is 5.42. The van der Waals surface area contributed by atoms with Crippen LogP contribution in [0.25, 0.3) is 0 Å². The topological polar surface area (TPSA) is 49.4 Å². The van der Waals surface area contributed by atoms with E-state index in [0.29, 0.717) is 17.4 Å². The average molecular weight is 306 g/mol. The van der Waals surface area contributed by atoms with Gasteiger partial charge in [-0.2, -0.15) is 11.8 Å². The van der Waals surface area contributed by atoms with Crippen molar-refractivity contribution in [1.82, 2.24) is 10.2 Å². The number of amides is 2. The van der Waals surface area contributed by atoms with Crippen molar-refractivity contribution in [2.75, 3.05) is 12.3 Å². The summed E-state index contributed by atoms with van der Waals surface area (Å²) in [6, 6.07) is 7.75. The molecule has 21 heavy (non-hydrogen) atoms. The molecule has 1 aromatic carbocycles. The van der Waals surface area contributed by atoms with Gasteiger partial charge in [-0.3, -0.25) is 9.59 Å². The summed E-state index contributed by atoms with van der Waals surface area (Å²) < 4.78 is 0. The number of hydrogen-bond acceptors (Lipinski definition) is 3. The first-order chi connectivity index (χ1) is 9.99. The first-order valence-electron chi connectivity index (χ1n) is 7.25. The largest absolute Gasteiger partial charge is 0.352 e. The number of nitrogens with one attached hydrogen (secondary N) is 1. The molecule has 0 aliphatic carbocycles. The molecule has 1 aliphatic rings. The van der Waals surface area contributed by atoms with Gasteiger partial charge in [-0.1, -0.05) is 19.1 Å². The highest BCUT2D eigenvalue weighted by molar-refractivity contribution is 8.00. The second kappa shape index (κ2) is 6.98. The molecule has 1 saturated heterocycles. The van der Waals surface area contributed by atoms with E-state index in [1.165, 1.54) is 6.92 Å². The summed E-state index contributed by atoms with van der Waals surface area (Å²) in [5.74, 6) is 1.04. The fraction of sp³-hybridized carbons (Fsp3) is 0.500. The van der Waals surface area contributed by atoms with Gasteiger partial charge in [0.15, 0.2) is 0 Å². The van der Waals surface area contributed by atoms with Crippen molar-refractivity contribution >= 4 is 23.6 Å². The van der Waals surface area contributed by atoms with Crippen LogP contribution in [0.3, 0.4) is 0 Å². The lowest BCUT2D eigenvalue weighted by Crippen LogP contribution is -2.47. The van der Waals surface area contributed by atoms with Crippen LogP contribution in [0.4, 0.5) is 0 Å². The third-order valence-corrected chi connectivity index (χ3v) is 5.23. The number of rotatable bonds is 3. The molecule has 1 N–H and O–H groups in total. The molecule has 0 unspecified atom stereocenters. The molecule has 0 saturated carbocycles. The van der Waals surface area contributed by atoms with Gasteiger partial charge in [0.25, 0.3) is 5.91 Å². The SMILES string of the molecule is CC(=O)NCc1ccc(C(=O)N2CCS[C@H](C)[C@@H]2C)cc1. The van der Waals surface area contributed by atoms with E-state index in [1.807, 2.05) is 40.9 Å². The van der Waals surface area contributed by atoms with E-state index in [0.717, 1.165) is 17.9 Å². The molecular weight excluding hydrogens is 284 g/mol. The van der Waals surface area contributed by atoms with Crippen molar-refractivity contribution in [2.24, 2.45) is 0 Å². The highest BCUT2D eigenvalue weighted by Gasteiger charge is 2.29. The highest BCUT2D eigenvalue weighted by atomic mass is 32.2. The van der Waals surface area contributed by atoms with Gasteiger partial charge in [-0.15, -0.1) is 0 Å². The zero-order valence-corrected chi connectivity index (χ0v) is 13.6. The van der Waals surface area contributed by atoms with E-state index in [4.69, 9.17) is 0 Å². The molecule has 2 rings (SSSR count). The van der Waals surface area contributed by atoms with Gasteiger partial charge in [-0.25, -0.2) is 0 Å². The Morgan fingerprint density at radius 2 is 1.95 bits per heavy atom. The molecule has 2 amide bonds. The Kier molecular flexibility index (Phi) is 5.28. The van der Waals surface area contributed by atoms with Crippen LogP contribution in [0.5, 0.6) is 0 Å². The summed E-state index contributed by atoms with van der Waals surface area (Å²) in [7, 11) is 0. The van der Waals surface area contributed by atoms with E-state index >= 15 is 0 Å². The summed E-state index contributed by atoms with van der Waals surface area (Å²) in [5, 5.41) is 3.22. The van der Waals surface area contributed by atoms with Crippen LogP contribution < -0.4 is 5.32 Å². The standard InChI is InChI=1S/C16H22N2O2S/c1-11-12(2)21-9-8-18(11)16(20)15-6-4-14(5-7-15)10-17-13(3)19/h4-7,11-12H,8-10H2,1-3H3,(H,17,19)/t11-,12+/m0/s1. The van der Waals surface area contributed by atoms with Crippen LogP contribution in [0.15, 0.2) is 24.3 Å². The Morgan fingerprint density at radius 3 is 2.57 bits per heavy atom. The van der Waals surface area contributed by atoms with Crippen LogP contribution in [-0.2, 0) is 11.3 Å². The Hall–Kier alpha value is -1.49. The van der Waals surface area contributed by atoms with Gasteiger partial charge >= 0.3 is 0 Å². The molecule has 1 heterocycles. The van der Waals surface area contributed by atoms with E-state index in [2.05, 4.69) is 19.2 Å². The monoisotopic (exact) mass is 306 g/mol. The first kappa shape index (κ1) is 15.9. The number of carbonyl (C=O) groups is 2. The van der Waals surface area contributed by atoms with Crippen molar-refractivity contribution in [1.29, 1.82) is 0 Å². The van der Waals surface area contributed by atoms with E-state index in [-0.39, 0.29) is 17.9 Å². The third-order valence-electron chi connectivity index (χ3n) is 3.89. The van der Waals surface area contributed by atoms with Crippen molar-refractivity contribution in [3.05, 3.63) is 35.4 Å². The maximum absolute atomic E-state index is 12.6. The summed E-state index contributed by atoms with van der Waals surface area (Å²) in [4.78, 5) is 25.4. The average Bonchev–Trinajstić information content (AvgIpc) is 2.48. The van der Waals surface area contributed by atoms with Crippen LogP contribution >= 0.6 is 11.8 Å². The molecule has 4 nitrogen and oxygen atoms in total. The molecule has 0 radical (unpaired) electrons. The fourth-order valence-corrected chi connectivity index (χ4v) is 3.48. The van der Waals surface area contributed by atoms with Crippen molar-refractivity contribution in [2.45, 2.75) is 38.6 Å².